The topological polar surface area (TPSA) is 58.4 Å². The highest BCUT2D eigenvalue weighted by molar-refractivity contribution is 6.30. The second kappa shape index (κ2) is 9.35. The minimum absolute atomic E-state index is 0.0418. The van der Waals surface area contributed by atoms with E-state index in [1.165, 1.54) is 10.7 Å². The highest BCUT2D eigenvalue weighted by Gasteiger charge is 2.21. The lowest BCUT2D eigenvalue weighted by Crippen LogP contribution is -2.49. The van der Waals surface area contributed by atoms with Gasteiger partial charge in [-0.1, -0.05) is 47.5 Å². The van der Waals surface area contributed by atoms with Gasteiger partial charge in [-0.2, -0.15) is 5.10 Å². The standard InChI is InChI=1S/C24H25ClN4O2/c1-18-5-7-19(8-6-18)22-9-10-24(31)29(26-22)12-11-23(30)28-15-13-27(14-16-28)21-4-2-3-20(25)17-21/h2-10,17H,11-16H2,1H3. The van der Waals surface area contributed by atoms with Gasteiger partial charge in [-0.05, 0) is 31.2 Å². The molecule has 31 heavy (non-hydrogen) atoms. The first-order valence-electron chi connectivity index (χ1n) is 10.4. The van der Waals surface area contributed by atoms with E-state index >= 15 is 0 Å². The molecule has 0 bridgehead atoms. The molecule has 7 heteroatoms. The van der Waals surface area contributed by atoms with E-state index in [9.17, 15) is 9.59 Å². The number of anilines is 1. The molecule has 0 spiro atoms. The Labute approximate surface area is 186 Å². The highest BCUT2D eigenvalue weighted by Crippen LogP contribution is 2.21. The number of carbonyl (C=O) groups excluding carboxylic acids is 1. The molecule has 2 heterocycles. The number of hydrogen-bond donors (Lipinski definition) is 0. The quantitative estimate of drug-likeness (QED) is 0.613. The maximum absolute atomic E-state index is 12.7. The van der Waals surface area contributed by atoms with Crippen molar-refractivity contribution < 1.29 is 4.79 Å². The van der Waals surface area contributed by atoms with Gasteiger partial charge < -0.3 is 9.80 Å². The van der Waals surface area contributed by atoms with Gasteiger partial charge in [-0.3, -0.25) is 9.59 Å². The number of aromatic nitrogens is 2. The molecule has 4 rings (SSSR count). The van der Waals surface area contributed by atoms with E-state index in [0.29, 0.717) is 18.1 Å². The number of benzene rings is 2. The monoisotopic (exact) mass is 436 g/mol. The maximum Gasteiger partial charge on any atom is 0.266 e. The van der Waals surface area contributed by atoms with Crippen LogP contribution in [0.1, 0.15) is 12.0 Å². The van der Waals surface area contributed by atoms with Gasteiger partial charge in [0.25, 0.3) is 5.56 Å². The minimum Gasteiger partial charge on any atom is -0.368 e. The summed E-state index contributed by atoms with van der Waals surface area (Å²) in [5.74, 6) is 0.0418. The highest BCUT2D eigenvalue weighted by atomic mass is 35.5. The molecule has 0 N–H and O–H groups in total. The number of rotatable bonds is 5. The first-order valence-corrected chi connectivity index (χ1v) is 10.8. The molecule has 1 saturated heterocycles. The lowest BCUT2D eigenvalue weighted by molar-refractivity contribution is -0.131. The Bertz CT molecular complexity index is 1120. The van der Waals surface area contributed by atoms with Gasteiger partial charge in [0.15, 0.2) is 0 Å². The first-order chi connectivity index (χ1) is 15.0. The zero-order chi connectivity index (χ0) is 21.8. The summed E-state index contributed by atoms with van der Waals surface area (Å²) in [5, 5.41) is 5.17. The average molecular weight is 437 g/mol. The van der Waals surface area contributed by atoms with Crippen LogP contribution < -0.4 is 10.5 Å². The number of hydrogen-bond acceptors (Lipinski definition) is 4. The summed E-state index contributed by atoms with van der Waals surface area (Å²) in [5.41, 5.74) is 3.71. The molecule has 1 aliphatic heterocycles. The van der Waals surface area contributed by atoms with Crippen LogP contribution in [0.5, 0.6) is 0 Å². The lowest BCUT2D eigenvalue weighted by atomic mass is 10.1. The molecule has 1 aliphatic rings. The zero-order valence-electron chi connectivity index (χ0n) is 17.5. The van der Waals surface area contributed by atoms with Gasteiger partial charge in [-0.25, -0.2) is 4.68 Å². The molecule has 0 atom stereocenters. The van der Waals surface area contributed by atoms with Crippen molar-refractivity contribution in [2.45, 2.75) is 19.9 Å². The van der Waals surface area contributed by atoms with Gasteiger partial charge >= 0.3 is 0 Å². The fourth-order valence-electron chi connectivity index (χ4n) is 3.73. The Morgan fingerprint density at radius 1 is 1.00 bits per heavy atom. The fourth-order valence-corrected chi connectivity index (χ4v) is 3.92. The Morgan fingerprint density at radius 2 is 1.74 bits per heavy atom. The predicted octanol–water partition coefficient (Wildman–Crippen LogP) is 3.61. The van der Waals surface area contributed by atoms with Gasteiger partial charge in [0.05, 0.1) is 12.2 Å². The molecule has 6 nitrogen and oxygen atoms in total. The third kappa shape index (κ3) is 5.14. The van der Waals surface area contributed by atoms with Gasteiger partial charge in [0.1, 0.15) is 0 Å². The third-order valence-corrected chi connectivity index (χ3v) is 5.79. The number of halogens is 1. The van der Waals surface area contributed by atoms with Gasteiger partial charge in [-0.15, -0.1) is 0 Å². The summed E-state index contributed by atoms with van der Waals surface area (Å²) >= 11 is 6.09. The normalized spacial score (nSPS) is 14.0. The Morgan fingerprint density at radius 3 is 2.45 bits per heavy atom. The van der Waals surface area contributed by atoms with Crippen molar-refractivity contribution in [2.75, 3.05) is 31.1 Å². The van der Waals surface area contributed by atoms with Crippen LogP contribution in [0.3, 0.4) is 0 Å². The third-order valence-electron chi connectivity index (χ3n) is 5.56. The number of carbonyl (C=O) groups is 1. The van der Waals surface area contributed by atoms with Crippen LogP contribution in [0.15, 0.2) is 65.5 Å². The molecular formula is C24H25ClN4O2. The molecule has 0 unspecified atom stereocenters. The Balaban J connectivity index is 1.35. The summed E-state index contributed by atoms with van der Waals surface area (Å²) in [4.78, 5) is 29.0. The zero-order valence-corrected chi connectivity index (χ0v) is 18.3. The Hall–Kier alpha value is -3.12. The number of nitrogens with zero attached hydrogens (tertiary/aromatic N) is 4. The molecular weight excluding hydrogens is 412 g/mol. The molecule has 0 aliphatic carbocycles. The van der Waals surface area contributed by atoms with Crippen LogP contribution in [0.25, 0.3) is 11.3 Å². The van der Waals surface area contributed by atoms with E-state index in [2.05, 4.69) is 10.00 Å². The van der Waals surface area contributed by atoms with Crippen LogP contribution in [0.2, 0.25) is 5.02 Å². The van der Waals surface area contributed by atoms with E-state index in [-0.39, 0.29) is 24.4 Å². The van der Waals surface area contributed by atoms with Gasteiger partial charge in [0.2, 0.25) is 5.91 Å². The first kappa shape index (κ1) is 21.1. The van der Waals surface area contributed by atoms with E-state index in [1.54, 1.807) is 6.07 Å². The summed E-state index contributed by atoms with van der Waals surface area (Å²) in [6, 6.07) is 19.0. The second-order valence-corrected chi connectivity index (χ2v) is 8.18. The Kier molecular flexibility index (Phi) is 6.37. The van der Waals surface area contributed by atoms with Crippen molar-refractivity contribution in [3.63, 3.8) is 0 Å². The SMILES string of the molecule is Cc1ccc(-c2ccc(=O)n(CCC(=O)N3CCN(c4cccc(Cl)c4)CC3)n2)cc1. The van der Waals surface area contributed by atoms with Crippen LogP contribution in [0, 0.1) is 6.92 Å². The number of amides is 1. The summed E-state index contributed by atoms with van der Waals surface area (Å²) in [6.07, 6.45) is 0.251. The summed E-state index contributed by atoms with van der Waals surface area (Å²) < 4.78 is 1.38. The van der Waals surface area contributed by atoms with E-state index < -0.39 is 0 Å². The second-order valence-electron chi connectivity index (χ2n) is 7.74. The molecule has 2 aromatic carbocycles. The van der Waals surface area contributed by atoms with Crippen molar-refractivity contribution in [1.82, 2.24) is 14.7 Å². The van der Waals surface area contributed by atoms with Crippen molar-refractivity contribution in [3.05, 3.63) is 81.6 Å². The smallest absolute Gasteiger partial charge is 0.266 e. The average Bonchev–Trinajstić information content (AvgIpc) is 2.79. The summed E-state index contributed by atoms with van der Waals surface area (Å²) in [6.45, 7) is 5.11. The lowest BCUT2D eigenvalue weighted by Gasteiger charge is -2.36. The largest absolute Gasteiger partial charge is 0.368 e. The van der Waals surface area contributed by atoms with Crippen LogP contribution in [-0.2, 0) is 11.3 Å². The molecule has 1 amide bonds. The molecule has 0 radical (unpaired) electrons. The van der Waals surface area contributed by atoms with E-state index in [1.807, 2.05) is 60.4 Å². The van der Waals surface area contributed by atoms with Crippen molar-refractivity contribution in [3.8, 4) is 11.3 Å². The predicted molar refractivity (Wildman–Crippen MR) is 124 cm³/mol. The maximum atomic E-state index is 12.7. The van der Waals surface area contributed by atoms with Crippen molar-refractivity contribution >= 4 is 23.2 Å². The van der Waals surface area contributed by atoms with Crippen LogP contribution in [0.4, 0.5) is 5.69 Å². The van der Waals surface area contributed by atoms with Crippen molar-refractivity contribution in [2.24, 2.45) is 0 Å². The molecule has 160 valence electrons. The van der Waals surface area contributed by atoms with Crippen molar-refractivity contribution in [1.29, 1.82) is 0 Å². The molecule has 0 saturated carbocycles. The number of aryl methyl sites for hydroxylation is 2. The van der Waals surface area contributed by atoms with E-state index in [4.69, 9.17) is 11.6 Å². The van der Waals surface area contributed by atoms with Crippen LogP contribution in [-0.4, -0.2) is 46.8 Å². The summed E-state index contributed by atoms with van der Waals surface area (Å²) in [7, 11) is 0. The number of piperazine rings is 1. The van der Waals surface area contributed by atoms with E-state index in [0.717, 1.165) is 35.6 Å². The van der Waals surface area contributed by atoms with Gasteiger partial charge in [0, 0.05) is 54.9 Å². The van der Waals surface area contributed by atoms with Crippen LogP contribution >= 0.6 is 11.6 Å². The minimum atomic E-state index is -0.200. The molecule has 1 fully saturated rings. The molecule has 1 aromatic heterocycles. The fraction of sp³-hybridized carbons (Fsp3) is 0.292. The molecule has 3 aromatic rings.